The number of carbonyl (C=O) groups excluding carboxylic acids is 1. The van der Waals surface area contributed by atoms with E-state index in [0.717, 1.165) is 30.8 Å². The first-order valence-electron chi connectivity index (χ1n) is 7.28. The molecule has 1 aliphatic rings. The fourth-order valence-electron chi connectivity index (χ4n) is 2.60. The number of amides is 1. The molecule has 2 N–H and O–H groups in total. The van der Waals surface area contributed by atoms with Gasteiger partial charge in [0, 0.05) is 30.9 Å². The maximum Gasteiger partial charge on any atom is 0.237 e. The van der Waals surface area contributed by atoms with Crippen molar-refractivity contribution >= 4 is 5.91 Å². The number of benzene rings is 1. The van der Waals surface area contributed by atoms with Crippen LogP contribution < -0.4 is 5.32 Å². The summed E-state index contributed by atoms with van der Waals surface area (Å²) in [6.45, 7) is 4.32. The lowest BCUT2D eigenvalue weighted by atomic mass is 10.0. The summed E-state index contributed by atoms with van der Waals surface area (Å²) in [4.78, 5) is 14.5. The number of aryl methyl sites for hydroxylation is 1. The lowest BCUT2D eigenvalue weighted by Gasteiger charge is -2.39. The highest BCUT2D eigenvalue weighted by molar-refractivity contribution is 5.82. The van der Waals surface area contributed by atoms with Crippen LogP contribution in [0.25, 0.3) is 0 Å². The van der Waals surface area contributed by atoms with E-state index in [1.54, 1.807) is 6.20 Å². The zero-order valence-corrected chi connectivity index (χ0v) is 12.2. The van der Waals surface area contributed by atoms with E-state index in [1.807, 2.05) is 25.1 Å². The van der Waals surface area contributed by atoms with Gasteiger partial charge in [-0.05, 0) is 18.9 Å². The number of rotatable bonds is 5. The molecule has 5 heteroatoms. The van der Waals surface area contributed by atoms with Crippen LogP contribution in [0.15, 0.2) is 36.5 Å². The van der Waals surface area contributed by atoms with Crippen LogP contribution in [0, 0.1) is 6.92 Å². The van der Waals surface area contributed by atoms with Crippen molar-refractivity contribution in [3.63, 3.8) is 0 Å². The number of hydrogen-bond donors (Lipinski definition) is 2. The zero-order chi connectivity index (χ0) is 14.7. The first kappa shape index (κ1) is 13.8. The van der Waals surface area contributed by atoms with Crippen LogP contribution in [0.1, 0.15) is 23.2 Å². The molecule has 0 bridgehead atoms. The van der Waals surface area contributed by atoms with E-state index in [2.05, 4.69) is 32.5 Å². The Balaban J connectivity index is 1.52. The van der Waals surface area contributed by atoms with E-state index in [1.165, 1.54) is 5.56 Å². The molecule has 1 fully saturated rings. The molecule has 0 spiro atoms. The van der Waals surface area contributed by atoms with Crippen molar-refractivity contribution in [1.29, 1.82) is 0 Å². The van der Waals surface area contributed by atoms with Crippen LogP contribution in [0.5, 0.6) is 0 Å². The quantitative estimate of drug-likeness (QED) is 0.877. The predicted octanol–water partition coefficient (Wildman–Crippen LogP) is 1.61. The second-order valence-corrected chi connectivity index (χ2v) is 5.50. The number of carbonyl (C=O) groups is 1. The molecule has 1 aliphatic heterocycles. The predicted molar refractivity (Wildman–Crippen MR) is 80.4 cm³/mol. The number of nitrogens with one attached hydrogen (secondary N) is 2. The minimum absolute atomic E-state index is 0.00240. The molecule has 2 aromatic rings. The molecule has 1 aromatic heterocycles. The Labute approximate surface area is 124 Å². The Bertz CT molecular complexity index is 608. The summed E-state index contributed by atoms with van der Waals surface area (Å²) in [7, 11) is 0. The topological polar surface area (TPSA) is 61.0 Å². The second-order valence-electron chi connectivity index (χ2n) is 5.50. The van der Waals surface area contributed by atoms with Gasteiger partial charge in [0.1, 0.15) is 0 Å². The number of H-pyrrole nitrogens is 1. The molecule has 2 heterocycles. The molecule has 110 valence electrons. The maximum absolute atomic E-state index is 12.2. The van der Waals surface area contributed by atoms with Gasteiger partial charge in [-0.3, -0.25) is 14.8 Å². The van der Waals surface area contributed by atoms with Gasteiger partial charge in [-0.1, -0.05) is 30.3 Å². The van der Waals surface area contributed by atoms with E-state index in [-0.39, 0.29) is 11.9 Å². The average molecular weight is 284 g/mol. The number of aromatic nitrogens is 2. The number of aromatic amines is 1. The number of likely N-dealkylation sites (tertiary alicyclic amines) is 1. The summed E-state index contributed by atoms with van der Waals surface area (Å²) in [6.07, 6.45) is 2.70. The second kappa shape index (κ2) is 6.10. The van der Waals surface area contributed by atoms with E-state index in [9.17, 15) is 4.79 Å². The first-order valence-corrected chi connectivity index (χ1v) is 7.28. The van der Waals surface area contributed by atoms with E-state index < -0.39 is 0 Å². The summed E-state index contributed by atoms with van der Waals surface area (Å²) in [6, 6.07) is 10.3. The minimum Gasteiger partial charge on any atom is -0.351 e. The van der Waals surface area contributed by atoms with Crippen LogP contribution in [-0.2, 0) is 17.9 Å². The Morgan fingerprint density at radius 2 is 2.24 bits per heavy atom. The fraction of sp³-hybridized carbons (Fsp3) is 0.375. The summed E-state index contributed by atoms with van der Waals surface area (Å²) >= 11 is 0. The molecule has 0 radical (unpaired) electrons. The van der Waals surface area contributed by atoms with Gasteiger partial charge in [0.15, 0.2) is 0 Å². The highest BCUT2D eigenvalue weighted by Crippen LogP contribution is 2.20. The molecule has 5 nitrogen and oxygen atoms in total. The molecule has 3 rings (SSSR count). The Morgan fingerprint density at radius 1 is 1.43 bits per heavy atom. The van der Waals surface area contributed by atoms with Gasteiger partial charge in [-0.2, -0.15) is 5.10 Å². The standard InChI is InChI=1S/C16H20N4O/c1-12-14(10-18-19-12)9-17-16(21)15-7-8-20(15)11-13-5-3-2-4-6-13/h2-6,10,15H,7-9,11H2,1H3,(H,17,21)(H,18,19). The third-order valence-electron chi connectivity index (χ3n) is 4.05. The molecule has 1 unspecified atom stereocenters. The van der Waals surface area contributed by atoms with Crippen molar-refractivity contribution in [2.24, 2.45) is 0 Å². The van der Waals surface area contributed by atoms with Gasteiger partial charge in [-0.15, -0.1) is 0 Å². The summed E-state index contributed by atoms with van der Waals surface area (Å²) in [5, 5.41) is 9.85. The maximum atomic E-state index is 12.2. The van der Waals surface area contributed by atoms with Gasteiger partial charge in [0.2, 0.25) is 5.91 Å². The van der Waals surface area contributed by atoms with Gasteiger partial charge in [-0.25, -0.2) is 0 Å². The van der Waals surface area contributed by atoms with Crippen molar-refractivity contribution in [3.05, 3.63) is 53.3 Å². The zero-order valence-electron chi connectivity index (χ0n) is 12.2. The van der Waals surface area contributed by atoms with E-state index in [4.69, 9.17) is 0 Å². The fourth-order valence-corrected chi connectivity index (χ4v) is 2.60. The molecule has 1 amide bonds. The van der Waals surface area contributed by atoms with E-state index in [0.29, 0.717) is 6.54 Å². The normalized spacial score (nSPS) is 18.2. The largest absolute Gasteiger partial charge is 0.351 e. The molecule has 0 saturated carbocycles. The van der Waals surface area contributed by atoms with Crippen LogP contribution in [0.2, 0.25) is 0 Å². The van der Waals surface area contributed by atoms with Crippen molar-refractivity contribution < 1.29 is 4.79 Å². The van der Waals surface area contributed by atoms with Crippen molar-refractivity contribution in [3.8, 4) is 0 Å². The van der Waals surface area contributed by atoms with Crippen molar-refractivity contribution in [1.82, 2.24) is 20.4 Å². The molecule has 0 aliphatic carbocycles. The molecule has 1 atom stereocenters. The van der Waals surface area contributed by atoms with Crippen LogP contribution in [0.4, 0.5) is 0 Å². The van der Waals surface area contributed by atoms with Crippen molar-refractivity contribution in [2.45, 2.75) is 32.5 Å². The number of hydrogen-bond acceptors (Lipinski definition) is 3. The lowest BCUT2D eigenvalue weighted by molar-refractivity contribution is -0.131. The van der Waals surface area contributed by atoms with Crippen LogP contribution in [0.3, 0.4) is 0 Å². The monoisotopic (exact) mass is 284 g/mol. The highest BCUT2D eigenvalue weighted by atomic mass is 16.2. The Morgan fingerprint density at radius 3 is 2.86 bits per heavy atom. The van der Waals surface area contributed by atoms with Crippen molar-refractivity contribution in [2.75, 3.05) is 6.54 Å². The Hall–Kier alpha value is -2.14. The molecule has 21 heavy (non-hydrogen) atoms. The molecule has 1 aromatic carbocycles. The third kappa shape index (κ3) is 3.13. The van der Waals surface area contributed by atoms with Gasteiger partial charge < -0.3 is 5.32 Å². The molecular formula is C16H20N4O. The summed E-state index contributed by atoms with van der Waals surface area (Å²) in [5.74, 6) is 0.109. The molecular weight excluding hydrogens is 264 g/mol. The van der Waals surface area contributed by atoms with Crippen LogP contribution >= 0.6 is 0 Å². The average Bonchev–Trinajstić information content (AvgIpc) is 2.88. The number of nitrogens with zero attached hydrogens (tertiary/aromatic N) is 2. The van der Waals surface area contributed by atoms with E-state index >= 15 is 0 Å². The summed E-state index contributed by atoms with van der Waals surface area (Å²) in [5.41, 5.74) is 3.29. The SMILES string of the molecule is Cc1[nH]ncc1CNC(=O)C1CCN1Cc1ccccc1. The minimum atomic E-state index is -0.00240. The smallest absolute Gasteiger partial charge is 0.237 e. The van der Waals surface area contributed by atoms with Gasteiger partial charge in [0.05, 0.1) is 12.2 Å². The van der Waals surface area contributed by atoms with Gasteiger partial charge >= 0.3 is 0 Å². The third-order valence-corrected chi connectivity index (χ3v) is 4.05. The molecule has 1 saturated heterocycles. The summed E-state index contributed by atoms with van der Waals surface area (Å²) < 4.78 is 0. The lowest BCUT2D eigenvalue weighted by Crippen LogP contribution is -2.55. The first-order chi connectivity index (χ1) is 10.2. The Kier molecular flexibility index (Phi) is 4.01. The van der Waals surface area contributed by atoms with Gasteiger partial charge in [0.25, 0.3) is 0 Å². The highest BCUT2D eigenvalue weighted by Gasteiger charge is 2.33. The van der Waals surface area contributed by atoms with Crippen LogP contribution in [-0.4, -0.2) is 33.6 Å².